The summed E-state index contributed by atoms with van der Waals surface area (Å²) in [5, 5.41) is 8.76. The van der Waals surface area contributed by atoms with E-state index in [1.807, 2.05) is 11.7 Å². The van der Waals surface area contributed by atoms with Crippen molar-refractivity contribution in [1.82, 2.24) is 20.0 Å². The minimum atomic E-state index is 0.631. The zero-order valence-electron chi connectivity index (χ0n) is 11.5. The van der Waals surface area contributed by atoms with Gasteiger partial charge >= 0.3 is 0 Å². The van der Waals surface area contributed by atoms with Gasteiger partial charge in [-0.2, -0.15) is 5.10 Å². The number of halogens is 1. The van der Waals surface area contributed by atoms with E-state index in [1.165, 1.54) is 6.42 Å². The van der Waals surface area contributed by atoms with Crippen LogP contribution in [0, 0.1) is 0 Å². The van der Waals surface area contributed by atoms with Crippen LogP contribution in [0.3, 0.4) is 0 Å². The SMILES string of the molecule is CCc1nn(C)c(CN(CC)C2CCNC2)c1Cl. The number of nitrogens with zero attached hydrogens (tertiary/aromatic N) is 3. The third-order valence-corrected chi connectivity index (χ3v) is 4.25. The lowest BCUT2D eigenvalue weighted by Crippen LogP contribution is -2.36. The highest BCUT2D eigenvalue weighted by Gasteiger charge is 2.23. The van der Waals surface area contributed by atoms with Gasteiger partial charge in [-0.15, -0.1) is 0 Å². The second-order valence-electron chi connectivity index (χ2n) is 4.89. The topological polar surface area (TPSA) is 33.1 Å². The van der Waals surface area contributed by atoms with Crippen molar-refractivity contribution in [2.75, 3.05) is 19.6 Å². The van der Waals surface area contributed by atoms with Gasteiger partial charge in [-0.3, -0.25) is 9.58 Å². The summed E-state index contributed by atoms with van der Waals surface area (Å²) in [7, 11) is 1.99. The summed E-state index contributed by atoms with van der Waals surface area (Å²) in [6, 6.07) is 0.631. The van der Waals surface area contributed by atoms with Crippen LogP contribution < -0.4 is 5.32 Å². The standard InChI is InChI=1S/C13H23ClN4/c1-4-11-13(14)12(17(3)16-11)9-18(5-2)10-6-7-15-8-10/h10,15H,4-9H2,1-3H3. The third-order valence-electron chi connectivity index (χ3n) is 3.81. The molecular formula is C13H23ClN4. The molecule has 1 aliphatic heterocycles. The molecule has 1 aliphatic rings. The summed E-state index contributed by atoms with van der Waals surface area (Å²) in [5.41, 5.74) is 2.15. The molecule has 0 radical (unpaired) electrons. The molecule has 1 fully saturated rings. The molecule has 1 aromatic rings. The largest absolute Gasteiger partial charge is 0.315 e. The maximum atomic E-state index is 6.41. The summed E-state index contributed by atoms with van der Waals surface area (Å²) in [6.07, 6.45) is 2.12. The van der Waals surface area contributed by atoms with Gasteiger partial charge in [0.1, 0.15) is 0 Å². The van der Waals surface area contributed by atoms with Gasteiger partial charge in [-0.1, -0.05) is 25.4 Å². The van der Waals surface area contributed by atoms with E-state index in [9.17, 15) is 0 Å². The molecule has 1 aromatic heterocycles. The normalized spacial score (nSPS) is 19.9. The second-order valence-corrected chi connectivity index (χ2v) is 5.27. The molecule has 4 nitrogen and oxygen atoms in total. The van der Waals surface area contributed by atoms with Crippen molar-refractivity contribution < 1.29 is 0 Å². The molecule has 0 bridgehead atoms. The smallest absolute Gasteiger partial charge is 0.0863 e. The Kier molecular flexibility index (Phi) is 4.65. The summed E-state index contributed by atoms with van der Waals surface area (Å²) in [5.74, 6) is 0. The fraction of sp³-hybridized carbons (Fsp3) is 0.769. The Bertz CT molecular complexity index is 396. The molecule has 0 amide bonds. The minimum Gasteiger partial charge on any atom is -0.315 e. The first-order valence-corrected chi connectivity index (χ1v) is 7.20. The highest BCUT2D eigenvalue weighted by atomic mass is 35.5. The summed E-state index contributed by atoms with van der Waals surface area (Å²) in [6.45, 7) is 8.46. The van der Waals surface area contributed by atoms with Gasteiger partial charge in [0.05, 0.1) is 16.4 Å². The van der Waals surface area contributed by atoms with E-state index >= 15 is 0 Å². The number of likely N-dealkylation sites (N-methyl/N-ethyl adjacent to an activating group) is 1. The van der Waals surface area contributed by atoms with Crippen molar-refractivity contribution in [1.29, 1.82) is 0 Å². The van der Waals surface area contributed by atoms with Crippen LogP contribution in [0.15, 0.2) is 0 Å². The van der Waals surface area contributed by atoms with E-state index in [0.29, 0.717) is 6.04 Å². The summed E-state index contributed by atoms with van der Waals surface area (Å²) >= 11 is 6.41. The number of hydrogen-bond acceptors (Lipinski definition) is 3. The molecule has 0 aliphatic carbocycles. The summed E-state index contributed by atoms with van der Waals surface area (Å²) in [4.78, 5) is 2.49. The maximum absolute atomic E-state index is 6.41. The predicted molar refractivity (Wildman–Crippen MR) is 75.0 cm³/mol. The van der Waals surface area contributed by atoms with E-state index in [4.69, 9.17) is 11.6 Å². The van der Waals surface area contributed by atoms with Gasteiger partial charge < -0.3 is 5.32 Å². The van der Waals surface area contributed by atoms with Gasteiger partial charge in [0.2, 0.25) is 0 Å². The number of hydrogen-bond donors (Lipinski definition) is 1. The molecule has 1 saturated heterocycles. The van der Waals surface area contributed by atoms with Crippen LogP contribution in [0.4, 0.5) is 0 Å². The molecule has 102 valence electrons. The first kappa shape index (κ1) is 13.8. The van der Waals surface area contributed by atoms with Crippen LogP contribution in [0.5, 0.6) is 0 Å². The van der Waals surface area contributed by atoms with Gasteiger partial charge in [-0.05, 0) is 25.9 Å². The Balaban J connectivity index is 2.13. The maximum Gasteiger partial charge on any atom is 0.0863 e. The van der Waals surface area contributed by atoms with Crippen LogP contribution >= 0.6 is 11.6 Å². The Labute approximate surface area is 114 Å². The van der Waals surface area contributed by atoms with Crippen LogP contribution in [0.1, 0.15) is 31.7 Å². The van der Waals surface area contributed by atoms with Crippen LogP contribution in [0.25, 0.3) is 0 Å². The molecular weight excluding hydrogens is 248 g/mol. The van der Waals surface area contributed by atoms with Gasteiger partial charge in [-0.25, -0.2) is 0 Å². The highest BCUT2D eigenvalue weighted by molar-refractivity contribution is 6.31. The van der Waals surface area contributed by atoms with E-state index in [1.54, 1.807) is 0 Å². The predicted octanol–water partition coefficient (Wildman–Crippen LogP) is 1.82. The lowest BCUT2D eigenvalue weighted by Gasteiger charge is -2.26. The number of nitrogens with one attached hydrogen (secondary N) is 1. The molecule has 0 aromatic carbocycles. The lowest BCUT2D eigenvalue weighted by molar-refractivity contribution is 0.205. The molecule has 18 heavy (non-hydrogen) atoms. The average molecular weight is 271 g/mol. The van der Waals surface area contributed by atoms with Gasteiger partial charge in [0.25, 0.3) is 0 Å². The second kappa shape index (κ2) is 6.04. The monoisotopic (exact) mass is 270 g/mol. The summed E-state index contributed by atoms with van der Waals surface area (Å²) < 4.78 is 1.94. The molecule has 0 spiro atoms. The Morgan fingerprint density at radius 3 is 2.78 bits per heavy atom. The third kappa shape index (κ3) is 2.71. The van der Waals surface area contributed by atoms with Crippen molar-refractivity contribution in [3.63, 3.8) is 0 Å². The van der Waals surface area contributed by atoms with Crippen molar-refractivity contribution >= 4 is 11.6 Å². The Morgan fingerprint density at radius 1 is 1.50 bits per heavy atom. The fourth-order valence-corrected chi connectivity index (χ4v) is 2.99. The van der Waals surface area contributed by atoms with Crippen LogP contribution in [-0.2, 0) is 20.0 Å². The van der Waals surface area contributed by atoms with Crippen molar-refractivity contribution in [3.8, 4) is 0 Å². The first-order chi connectivity index (χ1) is 8.67. The molecule has 1 unspecified atom stereocenters. The Morgan fingerprint density at radius 2 is 2.28 bits per heavy atom. The van der Waals surface area contributed by atoms with Gasteiger partial charge in [0, 0.05) is 26.2 Å². The number of aromatic nitrogens is 2. The number of aryl methyl sites for hydroxylation is 2. The molecule has 5 heteroatoms. The van der Waals surface area contributed by atoms with E-state index in [2.05, 4.69) is 29.2 Å². The first-order valence-electron chi connectivity index (χ1n) is 6.82. The molecule has 1 N–H and O–H groups in total. The van der Waals surface area contributed by atoms with E-state index in [0.717, 1.165) is 49.0 Å². The molecule has 1 atom stereocenters. The quantitative estimate of drug-likeness (QED) is 0.886. The zero-order chi connectivity index (χ0) is 13.1. The number of rotatable bonds is 5. The molecule has 0 saturated carbocycles. The lowest BCUT2D eigenvalue weighted by atomic mass is 10.2. The van der Waals surface area contributed by atoms with Crippen molar-refractivity contribution in [3.05, 3.63) is 16.4 Å². The minimum absolute atomic E-state index is 0.631. The van der Waals surface area contributed by atoms with E-state index in [-0.39, 0.29) is 0 Å². The van der Waals surface area contributed by atoms with Crippen molar-refractivity contribution in [2.24, 2.45) is 7.05 Å². The van der Waals surface area contributed by atoms with Crippen molar-refractivity contribution in [2.45, 2.75) is 39.3 Å². The Hall–Kier alpha value is -0.580. The van der Waals surface area contributed by atoms with Gasteiger partial charge in [0.15, 0.2) is 0 Å². The zero-order valence-corrected chi connectivity index (χ0v) is 12.3. The molecule has 2 heterocycles. The highest BCUT2D eigenvalue weighted by Crippen LogP contribution is 2.23. The van der Waals surface area contributed by atoms with Crippen LogP contribution in [-0.4, -0.2) is 40.4 Å². The van der Waals surface area contributed by atoms with E-state index < -0.39 is 0 Å². The average Bonchev–Trinajstić information content (AvgIpc) is 2.97. The fourth-order valence-electron chi connectivity index (χ4n) is 2.63. The molecule has 2 rings (SSSR count). The van der Waals surface area contributed by atoms with Crippen LogP contribution in [0.2, 0.25) is 5.02 Å².